The molecule has 0 atom stereocenters. The van der Waals surface area contributed by atoms with Gasteiger partial charge in [-0.25, -0.2) is 0 Å². The Hall–Kier alpha value is -1.41. The predicted molar refractivity (Wildman–Crippen MR) is 73.3 cm³/mol. The Kier molecular flexibility index (Phi) is 3.97. The average molecular weight is 262 g/mol. The molecule has 4 heteroatoms. The van der Waals surface area contributed by atoms with Crippen LogP contribution in [0.15, 0.2) is 42.5 Å². The van der Waals surface area contributed by atoms with Crippen LogP contribution in [0.25, 0.3) is 11.1 Å². The molecule has 0 amide bonds. The summed E-state index contributed by atoms with van der Waals surface area (Å²) >= 11 is 0. The number of benzene rings is 2. The third-order valence-corrected chi connectivity index (χ3v) is 3.10. The lowest BCUT2D eigenvalue weighted by Gasteiger charge is -2.13. The number of hydrogen-bond acceptors (Lipinski definition) is 3. The maximum atomic E-state index is 8.99. The van der Waals surface area contributed by atoms with Gasteiger partial charge < -0.3 is 14.3 Å². The topological polar surface area (TPSA) is 49.7 Å². The summed E-state index contributed by atoms with van der Waals surface area (Å²) in [4.78, 5) is 18.0. The van der Waals surface area contributed by atoms with Crippen molar-refractivity contribution < 1.29 is 14.3 Å². The van der Waals surface area contributed by atoms with Crippen LogP contribution in [-0.4, -0.2) is 9.79 Å². The average Bonchev–Trinajstić information content (AvgIpc) is 2.30. The Balaban J connectivity index is 2.49. The van der Waals surface area contributed by atoms with Gasteiger partial charge in [0, 0.05) is 5.56 Å². The molecule has 0 radical (unpaired) electrons. The molecule has 94 valence electrons. The van der Waals surface area contributed by atoms with Crippen molar-refractivity contribution in [3.8, 4) is 16.9 Å². The van der Waals surface area contributed by atoms with Crippen LogP contribution in [0.5, 0.6) is 5.75 Å². The van der Waals surface area contributed by atoms with Crippen molar-refractivity contribution >= 4 is 8.60 Å². The molecule has 0 aromatic heterocycles. The lowest BCUT2D eigenvalue weighted by Crippen LogP contribution is -1.91. The zero-order valence-corrected chi connectivity index (χ0v) is 11.2. The molecular formula is C14H15O3P. The molecule has 0 aliphatic rings. The Morgan fingerprint density at radius 2 is 1.67 bits per heavy atom. The van der Waals surface area contributed by atoms with Crippen molar-refractivity contribution in [2.45, 2.75) is 13.8 Å². The summed E-state index contributed by atoms with van der Waals surface area (Å²) in [5.74, 6) is 0.487. The Bertz CT molecular complexity index is 552. The molecule has 0 saturated carbocycles. The Morgan fingerprint density at radius 3 is 2.33 bits per heavy atom. The van der Waals surface area contributed by atoms with Crippen LogP contribution in [0.4, 0.5) is 0 Å². The van der Waals surface area contributed by atoms with Gasteiger partial charge in [0.2, 0.25) is 0 Å². The van der Waals surface area contributed by atoms with Crippen molar-refractivity contribution in [1.29, 1.82) is 0 Å². The molecule has 0 aliphatic carbocycles. The molecule has 0 saturated heterocycles. The SMILES string of the molecule is Cc1ccc(-c2ccccc2OP(O)O)c(C)c1. The summed E-state index contributed by atoms with van der Waals surface area (Å²) < 4.78 is 5.06. The van der Waals surface area contributed by atoms with Gasteiger partial charge in [-0.05, 0) is 31.0 Å². The number of para-hydroxylation sites is 1. The van der Waals surface area contributed by atoms with Crippen LogP contribution < -0.4 is 4.52 Å². The first-order chi connectivity index (χ1) is 8.58. The van der Waals surface area contributed by atoms with E-state index in [9.17, 15) is 0 Å². The van der Waals surface area contributed by atoms with Crippen molar-refractivity contribution in [2.24, 2.45) is 0 Å². The second-order valence-corrected chi connectivity index (χ2v) is 4.85. The van der Waals surface area contributed by atoms with Crippen LogP contribution in [0, 0.1) is 13.8 Å². The monoisotopic (exact) mass is 262 g/mol. The molecule has 2 rings (SSSR count). The minimum absolute atomic E-state index is 0.487. The molecule has 0 heterocycles. The lowest BCUT2D eigenvalue weighted by atomic mass is 9.98. The summed E-state index contributed by atoms with van der Waals surface area (Å²) in [7, 11) is -2.40. The van der Waals surface area contributed by atoms with Crippen molar-refractivity contribution in [3.63, 3.8) is 0 Å². The first kappa shape index (κ1) is 13.0. The maximum Gasteiger partial charge on any atom is 0.391 e. The number of aryl methyl sites for hydroxylation is 2. The summed E-state index contributed by atoms with van der Waals surface area (Å²) in [6.07, 6.45) is 0. The molecule has 2 aromatic rings. The second-order valence-electron chi connectivity index (χ2n) is 4.16. The van der Waals surface area contributed by atoms with Gasteiger partial charge in [0.15, 0.2) is 0 Å². The normalized spacial score (nSPS) is 10.7. The highest BCUT2D eigenvalue weighted by Crippen LogP contribution is 2.38. The predicted octanol–water partition coefficient (Wildman–Crippen LogP) is 3.56. The van der Waals surface area contributed by atoms with Gasteiger partial charge >= 0.3 is 8.60 Å². The highest BCUT2D eigenvalue weighted by Gasteiger charge is 2.11. The second kappa shape index (κ2) is 5.49. The van der Waals surface area contributed by atoms with Gasteiger partial charge in [-0.1, -0.05) is 42.0 Å². The van der Waals surface area contributed by atoms with E-state index in [2.05, 4.69) is 6.07 Å². The van der Waals surface area contributed by atoms with E-state index in [1.165, 1.54) is 5.56 Å². The Morgan fingerprint density at radius 1 is 0.944 bits per heavy atom. The van der Waals surface area contributed by atoms with Crippen LogP contribution >= 0.6 is 8.60 Å². The number of rotatable bonds is 3. The molecule has 2 N–H and O–H groups in total. The van der Waals surface area contributed by atoms with Crippen LogP contribution in [0.3, 0.4) is 0 Å². The first-order valence-corrected chi connectivity index (χ1v) is 6.77. The smallest absolute Gasteiger partial charge is 0.391 e. The van der Waals surface area contributed by atoms with Crippen molar-refractivity contribution in [2.75, 3.05) is 0 Å². The first-order valence-electron chi connectivity index (χ1n) is 5.60. The van der Waals surface area contributed by atoms with E-state index >= 15 is 0 Å². The molecule has 0 unspecified atom stereocenters. The minimum atomic E-state index is -2.40. The molecule has 3 nitrogen and oxygen atoms in total. The van der Waals surface area contributed by atoms with E-state index in [0.717, 1.165) is 16.7 Å². The van der Waals surface area contributed by atoms with Gasteiger partial charge in [-0.3, -0.25) is 0 Å². The molecule has 0 fully saturated rings. The van der Waals surface area contributed by atoms with Crippen LogP contribution in [-0.2, 0) is 0 Å². The highest BCUT2D eigenvalue weighted by atomic mass is 31.2. The van der Waals surface area contributed by atoms with Crippen LogP contribution in [0.2, 0.25) is 0 Å². The van der Waals surface area contributed by atoms with Gasteiger partial charge in [-0.2, -0.15) is 0 Å². The summed E-state index contributed by atoms with van der Waals surface area (Å²) in [6.45, 7) is 4.07. The van der Waals surface area contributed by atoms with Gasteiger partial charge in [0.25, 0.3) is 0 Å². The van der Waals surface area contributed by atoms with Gasteiger partial charge in [0.05, 0.1) is 0 Å². The van der Waals surface area contributed by atoms with E-state index < -0.39 is 8.60 Å². The zero-order chi connectivity index (χ0) is 13.1. The maximum absolute atomic E-state index is 8.99. The van der Waals surface area contributed by atoms with Crippen molar-refractivity contribution in [1.82, 2.24) is 0 Å². The molecule has 2 aromatic carbocycles. The highest BCUT2D eigenvalue weighted by molar-refractivity contribution is 7.39. The number of hydrogen-bond donors (Lipinski definition) is 2. The van der Waals surface area contributed by atoms with E-state index in [-0.39, 0.29) is 0 Å². The van der Waals surface area contributed by atoms with Gasteiger partial charge in [0.1, 0.15) is 5.75 Å². The van der Waals surface area contributed by atoms with Crippen molar-refractivity contribution in [3.05, 3.63) is 53.6 Å². The van der Waals surface area contributed by atoms with E-state index in [0.29, 0.717) is 5.75 Å². The fourth-order valence-corrected chi connectivity index (χ4v) is 2.31. The van der Waals surface area contributed by atoms with E-state index in [1.54, 1.807) is 12.1 Å². The summed E-state index contributed by atoms with van der Waals surface area (Å²) in [6, 6.07) is 13.5. The van der Waals surface area contributed by atoms with Crippen LogP contribution in [0.1, 0.15) is 11.1 Å². The zero-order valence-electron chi connectivity index (χ0n) is 10.3. The molecule has 18 heavy (non-hydrogen) atoms. The fourth-order valence-electron chi connectivity index (χ4n) is 1.97. The third-order valence-electron chi connectivity index (χ3n) is 2.74. The Labute approximate surface area is 108 Å². The summed E-state index contributed by atoms with van der Waals surface area (Å²) in [5.41, 5.74) is 4.23. The lowest BCUT2D eigenvalue weighted by molar-refractivity contribution is 0.375. The minimum Gasteiger partial charge on any atom is -0.426 e. The van der Waals surface area contributed by atoms with E-state index in [1.807, 2.05) is 38.1 Å². The molecule has 0 aliphatic heterocycles. The standard InChI is InChI=1S/C14H15O3P/c1-10-7-8-12(11(2)9-10)13-5-3-4-6-14(13)17-18(15)16/h3-9,15-16H,1-2H3. The molecular weight excluding hydrogens is 247 g/mol. The third kappa shape index (κ3) is 2.88. The summed E-state index contributed by atoms with van der Waals surface area (Å²) in [5, 5.41) is 0. The van der Waals surface area contributed by atoms with Gasteiger partial charge in [-0.15, -0.1) is 0 Å². The van der Waals surface area contributed by atoms with E-state index in [4.69, 9.17) is 14.3 Å². The quantitative estimate of drug-likeness (QED) is 0.831. The largest absolute Gasteiger partial charge is 0.426 e. The fraction of sp³-hybridized carbons (Fsp3) is 0.143. The molecule has 0 bridgehead atoms. The molecule has 0 spiro atoms.